The Kier molecular flexibility index (Phi) is 7.90. The topological polar surface area (TPSA) is 102 Å². The van der Waals surface area contributed by atoms with Crippen molar-refractivity contribution in [2.45, 2.75) is 48.2 Å². The molecule has 2 aliphatic heterocycles. The van der Waals surface area contributed by atoms with Gasteiger partial charge in [-0.2, -0.15) is 0 Å². The molecule has 1 N–H and O–H groups in total. The zero-order chi connectivity index (χ0) is 26.6. The van der Waals surface area contributed by atoms with Crippen molar-refractivity contribution >= 4 is 29.5 Å². The normalized spacial score (nSPS) is 24.8. The Hall–Kier alpha value is -3.50. The molecular formula is C29H27NO7S. The van der Waals surface area contributed by atoms with E-state index >= 15 is 0 Å². The molecule has 1 saturated heterocycles. The minimum atomic E-state index is -1.35. The van der Waals surface area contributed by atoms with Crippen LogP contribution in [-0.4, -0.2) is 64.2 Å². The molecule has 5 atom stereocenters. The van der Waals surface area contributed by atoms with Crippen molar-refractivity contribution in [2.24, 2.45) is 0 Å². The van der Waals surface area contributed by atoms with Crippen LogP contribution >= 0.6 is 11.8 Å². The number of aliphatic hydroxyl groups excluding tert-OH is 1. The van der Waals surface area contributed by atoms with E-state index in [1.165, 1.54) is 18.7 Å². The molecule has 0 radical (unpaired) electrons. The summed E-state index contributed by atoms with van der Waals surface area (Å²) in [4.78, 5) is 40.9. The lowest BCUT2D eigenvalue weighted by atomic mass is 9.96. The number of imide groups is 1. The van der Waals surface area contributed by atoms with Gasteiger partial charge in [0, 0.05) is 11.8 Å². The van der Waals surface area contributed by atoms with Gasteiger partial charge in [-0.3, -0.25) is 19.3 Å². The number of benzene rings is 3. The first-order valence-corrected chi connectivity index (χ1v) is 13.1. The van der Waals surface area contributed by atoms with E-state index in [1.807, 2.05) is 60.7 Å². The summed E-state index contributed by atoms with van der Waals surface area (Å²) in [6, 6.07) is 24.3. The molecule has 0 spiro atoms. The second-order valence-corrected chi connectivity index (χ2v) is 10.2. The number of carbonyl (C=O) groups excluding carboxylic acids is 3. The second-order valence-electron chi connectivity index (χ2n) is 9.06. The Morgan fingerprint density at radius 2 is 1.50 bits per heavy atom. The number of fused-ring (bicyclic) bond motifs is 1. The molecule has 3 aromatic carbocycles. The Bertz CT molecular complexity index is 1270. The van der Waals surface area contributed by atoms with Crippen molar-refractivity contribution in [3.05, 3.63) is 102 Å². The molecule has 196 valence electrons. The molecule has 2 amide bonds. The Balaban J connectivity index is 1.46. The zero-order valence-electron chi connectivity index (χ0n) is 20.6. The molecule has 0 bridgehead atoms. The van der Waals surface area contributed by atoms with Gasteiger partial charge in [0.15, 0.2) is 6.10 Å². The van der Waals surface area contributed by atoms with Gasteiger partial charge in [-0.05, 0) is 29.8 Å². The van der Waals surface area contributed by atoms with Gasteiger partial charge in [-0.25, -0.2) is 0 Å². The van der Waals surface area contributed by atoms with Crippen LogP contribution in [0.15, 0.2) is 89.8 Å². The van der Waals surface area contributed by atoms with Crippen LogP contribution in [0.5, 0.6) is 0 Å². The molecule has 0 aliphatic carbocycles. The highest BCUT2D eigenvalue weighted by Gasteiger charge is 2.55. The van der Waals surface area contributed by atoms with Crippen LogP contribution in [0, 0.1) is 0 Å². The van der Waals surface area contributed by atoms with E-state index in [4.69, 9.17) is 14.2 Å². The second kappa shape index (κ2) is 11.5. The molecule has 38 heavy (non-hydrogen) atoms. The van der Waals surface area contributed by atoms with E-state index < -0.39 is 47.6 Å². The van der Waals surface area contributed by atoms with Crippen LogP contribution in [0.2, 0.25) is 0 Å². The highest BCUT2D eigenvalue weighted by atomic mass is 32.2. The van der Waals surface area contributed by atoms with Crippen molar-refractivity contribution in [1.82, 2.24) is 4.90 Å². The predicted octanol–water partition coefficient (Wildman–Crippen LogP) is 3.68. The number of thioether (sulfide) groups is 1. The Morgan fingerprint density at radius 1 is 0.921 bits per heavy atom. The lowest BCUT2D eigenvalue weighted by molar-refractivity contribution is -0.204. The van der Waals surface area contributed by atoms with Gasteiger partial charge in [-0.1, -0.05) is 72.4 Å². The maximum Gasteiger partial charge on any atom is 0.303 e. The van der Waals surface area contributed by atoms with E-state index in [2.05, 4.69) is 0 Å². The molecule has 8 nitrogen and oxygen atoms in total. The quantitative estimate of drug-likeness (QED) is 0.346. The third-order valence-corrected chi connectivity index (χ3v) is 7.62. The van der Waals surface area contributed by atoms with Gasteiger partial charge in [0.1, 0.15) is 23.7 Å². The fourth-order valence-corrected chi connectivity index (χ4v) is 5.91. The number of hydrogen-bond acceptors (Lipinski definition) is 8. The van der Waals surface area contributed by atoms with Crippen molar-refractivity contribution < 1.29 is 33.7 Å². The maximum atomic E-state index is 13.4. The standard InChI is InChI=1S/C29H27NO7S/c1-18(31)36-26-24(30-27(33)21-14-8-9-15-22(21)28(30)34)29(38-20-12-6-3-7-13-20)37-23(25(26)32)17-35-16-19-10-4-2-5-11-19/h2-15,23-26,29,32H,16-17H2,1H3/t23-,24-,25-,26-,29+/m1/s1. The summed E-state index contributed by atoms with van der Waals surface area (Å²) >= 11 is 1.28. The number of ether oxygens (including phenoxy) is 3. The van der Waals surface area contributed by atoms with E-state index in [0.29, 0.717) is 6.61 Å². The van der Waals surface area contributed by atoms with Crippen LogP contribution in [0.3, 0.4) is 0 Å². The first kappa shape index (κ1) is 26.1. The molecule has 1 fully saturated rings. The Labute approximate surface area is 224 Å². The van der Waals surface area contributed by atoms with E-state index in [-0.39, 0.29) is 17.7 Å². The van der Waals surface area contributed by atoms with Gasteiger partial charge in [0.05, 0.1) is 24.3 Å². The smallest absolute Gasteiger partial charge is 0.303 e. The summed E-state index contributed by atoms with van der Waals surface area (Å²) in [5.74, 6) is -1.70. The number of amides is 2. The molecule has 2 aliphatic rings. The van der Waals surface area contributed by atoms with Crippen molar-refractivity contribution in [1.29, 1.82) is 0 Å². The van der Waals surface area contributed by atoms with Crippen LogP contribution in [-0.2, 0) is 25.6 Å². The molecular weight excluding hydrogens is 506 g/mol. The summed E-state index contributed by atoms with van der Waals surface area (Å²) in [6.07, 6.45) is -3.46. The highest BCUT2D eigenvalue weighted by Crippen LogP contribution is 2.40. The number of nitrogens with zero attached hydrogens (tertiary/aromatic N) is 1. The zero-order valence-corrected chi connectivity index (χ0v) is 21.5. The third-order valence-electron chi connectivity index (χ3n) is 6.46. The minimum Gasteiger partial charge on any atom is -0.457 e. The minimum absolute atomic E-state index is 0.00845. The van der Waals surface area contributed by atoms with Gasteiger partial charge in [-0.15, -0.1) is 0 Å². The number of aliphatic hydroxyl groups is 1. The number of carbonyl (C=O) groups is 3. The number of hydrogen-bond donors (Lipinski definition) is 1. The predicted molar refractivity (Wildman–Crippen MR) is 139 cm³/mol. The van der Waals surface area contributed by atoms with Crippen molar-refractivity contribution in [3.8, 4) is 0 Å². The van der Waals surface area contributed by atoms with Gasteiger partial charge in [0.25, 0.3) is 11.8 Å². The molecule has 9 heteroatoms. The summed E-state index contributed by atoms with van der Waals surface area (Å²) in [5.41, 5.74) is 0.613. The summed E-state index contributed by atoms with van der Waals surface area (Å²) in [6.45, 7) is 1.53. The summed E-state index contributed by atoms with van der Waals surface area (Å²) < 4.78 is 17.8. The van der Waals surface area contributed by atoms with E-state index in [9.17, 15) is 19.5 Å². The van der Waals surface area contributed by atoms with Crippen LogP contribution in [0.4, 0.5) is 0 Å². The van der Waals surface area contributed by atoms with Crippen LogP contribution in [0.25, 0.3) is 0 Å². The Morgan fingerprint density at radius 3 is 2.11 bits per heavy atom. The molecule has 0 aromatic heterocycles. The lowest BCUT2D eigenvalue weighted by Gasteiger charge is -2.46. The van der Waals surface area contributed by atoms with Crippen molar-refractivity contribution in [2.75, 3.05) is 6.61 Å². The fourth-order valence-electron chi connectivity index (χ4n) is 4.72. The lowest BCUT2D eigenvalue weighted by Crippen LogP contribution is -2.65. The molecule has 5 rings (SSSR count). The average Bonchev–Trinajstić information content (AvgIpc) is 3.17. The fraction of sp³-hybridized carbons (Fsp3) is 0.276. The average molecular weight is 534 g/mol. The molecule has 0 unspecified atom stereocenters. The SMILES string of the molecule is CC(=O)O[C@H]1[C@H](O)[C@@H](COCc2ccccc2)O[C@@H](Sc2ccccc2)[C@@H]1N1C(=O)c2ccccc2C1=O. The van der Waals surface area contributed by atoms with E-state index in [1.54, 1.807) is 24.3 Å². The molecule has 2 heterocycles. The first-order valence-electron chi connectivity index (χ1n) is 12.2. The maximum absolute atomic E-state index is 13.4. The molecule has 3 aromatic rings. The summed E-state index contributed by atoms with van der Waals surface area (Å²) in [7, 11) is 0. The third kappa shape index (κ3) is 5.37. The molecule has 0 saturated carbocycles. The highest BCUT2D eigenvalue weighted by molar-refractivity contribution is 7.99. The van der Waals surface area contributed by atoms with Gasteiger partial charge >= 0.3 is 5.97 Å². The monoisotopic (exact) mass is 533 g/mol. The van der Waals surface area contributed by atoms with Crippen LogP contribution in [0.1, 0.15) is 33.2 Å². The van der Waals surface area contributed by atoms with Crippen LogP contribution < -0.4 is 0 Å². The van der Waals surface area contributed by atoms with Crippen molar-refractivity contribution in [3.63, 3.8) is 0 Å². The number of esters is 1. The largest absolute Gasteiger partial charge is 0.457 e. The van der Waals surface area contributed by atoms with Gasteiger partial charge < -0.3 is 19.3 Å². The summed E-state index contributed by atoms with van der Waals surface area (Å²) in [5, 5.41) is 11.3. The number of rotatable bonds is 8. The van der Waals surface area contributed by atoms with E-state index in [0.717, 1.165) is 15.4 Å². The van der Waals surface area contributed by atoms with Gasteiger partial charge in [0.2, 0.25) is 0 Å². The first-order chi connectivity index (χ1) is 18.4.